The third-order valence-corrected chi connectivity index (χ3v) is 3.37. The molecule has 1 aromatic carbocycles. The van der Waals surface area contributed by atoms with Crippen molar-refractivity contribution < 1.29 is 19.5 Å². The fourth-order valence-corrected chi connectivity index (χ4v) is 2.00. The molecule has 2 N–H and O–H groups in total. The molecule has 2 aromatic rings. The van der Waals surface area contributed by atoms with Crippen LogP contribution in [0.25, 0.3) is 0 Å². The average molecular weight is 316 g/mol. The first-order valence-corrected chi connectivity index (χ1v) is 6.72. The van der Waals surface area contributed by atoms with Gasteiger partial charge in [0.05, 0.1) is 6.20 Å². The van der Waals surface area contributed by atoms with Crippen molar-refractivity contribution in [2.45, 2.75) is 6.92 Å². The van der Waals surface area contributed by atoms with Crippen molar-refractivity contribution in [3.8, 4) is 0 Å². The number of nitrogens with one attached hydrogen (secondary N) is 1. The van der Waals surface area contributed by atoms with Crippen LogP contribution in [0.3, 0.4) is 0 Å². The summed E-state index contributed by atoms with van der Waals surface area (Å²) in [6.07, 6.45) is 1.13. The first-order valence-electron chi connectivity index (χ1n) is 6.72. The van der Waals surface area contributed by atoms with E-state index in [1.165, 1.54) is 23.6 Å². The number of aromatic nitrogens is 2. The van der Waals surface area contributed by atoms with Crippen LogP contribution in [-0.4, -0.2) is 39.7 Å². The zero-order valence-corrected chi connectivity index (χ0v) is 12.9. The molecule has 0 fully saturated rings. The molecule has 23 heavy (non-hydrogen) atoms. The second-order valence-electron chi connectivity index (χ2n) is 4.91. The molecule has 120 valence electrons. The summed E-state index contributed by atoms with van der Waals surface area (Å²) in [7, 11) is 3.14. The van der Waals surface area contributed by atoms with Crippen molar-refractivity contribution in [1.82, 2.24) is 9.78 Å². The number of carboxylic acids is 1. The monoisotopic (exact) mass is 316 g/mol. The lowest BCUT2D eigenvalue weighted by Gasteiger charge is -2.15. The van der Waals surface area contributed by atoms with Gasteiger partial charge in [0.25, 0.3) is 5.91 Å². The smallest absolute Gasteiger partial charge is 0.339 e. The van der Waals surface area contributed by atoms with E-state index in [2.05, 4.69) is 10.4 Å². The highest BCUT2D eigenvalue weighted by Gasteiger charge is 2.21. The van der Waals surface area contributed by atoms with Gasteiger partial charge in [-0.25, -0.2) is 4.79 Å². The van der Waals surface area contributed by atoms with Gasteiger partial charge in [-0.1, -0.05) is 0 Å². The molecule has 0 aliphatic carbocycles. The average Bonchev–Trinajstić information content (AvgIpc) is 2.89. The van der Waals surface area contributed by atoms with Crippen LogP contribution in [0.5, 0.6) is 0 Å². The molecule has 0 radical (unpaired) electrons. The maximum absolute atomic E-state index is 12.2. The van der Waals surface area contributed by atoms with Crippen LogP contribution in [0.15, 0.2) is 30.5 Å². The third kappa shape index (κ3) is 3.37. The van der Waals surface area contributed by atoms with Crippen molar-refractivity contribution in [3.05, 3.63) is 41.7 Å². The molecular weight excluding hydrogens is 300 g/mol. The molecule has 2 amide bonds. The molecule has 0 unspecified atom stereocenters. The summed E-state index contributed by atoms with van der Waals surface area (Å²) in [6.45, 7) is 1.45. The zero-order chi connectivity index (χ0) is 17.1. The van der Waals surface area contributed by atoms with Crippen LogP contribution >= 0.6 is 0 Å². The van der Waals surface area contributed by atoms with Gasteiger partial charge in [-0.3, -0.25) is 14.3 Å². The Morgan fingerprint density at radius 3 is 2.35 bits per heavy atom. The lowest BCUT2D eigenvalue weighted by molar-refractivity contribution is -0.116. The van der Waals surface area contributed by atoms with Gasteiger partial charge in [-0.15, -0.1) is 0 Å². The Morgan fingerprint density at radius 1 is 1.22 bits per heavy atom. The zero-order valence-electron chi connectivity index (χ0n) is 12.9. The first-order chi connectivity index (χ1) is 10.8. The summed E-state index contributed by atoms with van der Waals surface area (Å²) in [4.78, 5) is 36.1. The number of carboxylic acid groups (broad SMARTS) is 1. The summed E-state index contributed by atoms with van der Waals surface area (Å²) in [5, 5.41) is 15.5. The number of hydrogen-bond acceptors (Lipinski definition) is 4. The number of nitrogens with zero attached hydrogens (tertiary/aromatic N) is 3. The van der Waals surface area contributed by atoms with Crippen LogP contribution in [0.4, 0.5) is 11.4 Å². The Labute approximate surface area is 132 Å². The number of rotatable bonds is 4. The van der Waals surface area contributed by atoms with E-state index in [0.717, 1.165) is 6.20 Å². The highest BCUT2D eigenvalue weighted by Crippen LogP contribution is 2.18. The largest absolute Gasteiger partial charge is 0.478 e. The fraction of sp³-hybridized carbons (Fsp3) is 0.200. The summed E-state index contributed by atoms with van der Waals surface area (Å²) in [5.41, 5.74) is 0.955. The Bertz CT molecular complexity index is 764. The molecule has 8 nitrogen and oxygen atoms in total. The number of benzene rings is 1. The van der Waals surface area contributed by atoms with Gasteiger partial charge in [0.1, 0.15) is 11.3 Å². The Hall–Kier alpha value is -3.16. The van der Waals surface area contributed by atoms with E-state index in [1.54, 1.807) is 31.3 Å². The van der Waals surface area contributed by atoms with Crippen LogP contribution in [0.2, 0.25) is 0 Å². The minimum Gasteiger partial charge on any atom is -0.478 e. The van der Waals surface area contributed by atoms with Crippen molar-refractivity contribution in [3.63, 3.8) is 0 Å². The molecule has 0 atom stereocenters. The molecule has 1 heterocycles. The van der Waals surface area contributed by atoms with Crippen LogP contribution in [0.1, 0.15) is 27.8 Å². The molecule has 0 saturated carbocycles. The van der Waals surface area contributed by atoms with Gasteiger partial charge in [0, 0.05) is 32.4 Å². The Kier molecular flexibility index (Phi) is 4.44. The molecule has 2 rings (SSSR count). The molecular formula is C15H16N4O4. The normalized spacial score (nSPS) is 10.2. The molecule has 1 aromatic heterocycles. The van der Waals surface area contributed by atoms with Gasteiger partial charge in [0.2, 0.25) is 5.91 Å². The summed E-state index contributed by atoms with van der Waals surface area (Å²) in [6, 6.07) is 6.61. The predicted octanol–water partition coefficient (Wildman–Crippen LogP) is 1.35. The van der Waals surface area contributed by atoms with Crippen molar-refractivity contribution in [1.29, 1.82) is 0 Å². The minimum atomic E-state index is -1.22. The highest BCUT2D eigenvalue weighted by atomic mass is 16.4. The number of anilines is 2. The number of amides is 2. The second kappa shape index (κ2) is 6.30. The lowest BCUT2D eigenvalue weighted by Crippen LogP contribution is -2.23. The number of aryl methyl sites for hydroxylation is 1. The van der Waals surface area contributed by atoms with Crippen molar-refractivity contribution in [2.24, 2.45) is 7.05 Å². The Balaban J connectivity index is 2.20. The molecule has 0 bridgehead atoms. The van der Waals surface area contributed by atoms with Crippen molar-refractivity contribution >= 4 is 29.2 Å². The maximum Gasteiger partial charge on any atom is 0.339 e. The number of carbonyl (C=O) groups is 3. The predicted molar refractivity (Wildman–Crippen MR) is 83.6 cm³/mol. The van der Waals surface area contributed by atoms with E-state index < -0.39 is 11.9 Å². The van der Waals surface area contributed by atoms with Gasteiger partial charge in [-0.05, 0) is 24.3 Å². The number of aromatic carboxylic acids is 1. The van der Waals surface area contributed by atoms with Gasteiger partial charge in [-0.2, -0.15) is 5.10 Å². The minimum absolute atomic E-state index is 0.0394. The van der Waals surface area contributed by atoms with Crippen molar-refractivity contribution in [2.75, 3.05) is 17.3 Å². The van der Waals surface area contributed by atoms with Gasteiger partial charge in [0.15, 0.2) is 0 Å². The lowest BCUT2D eigenvalue weighted by atomic mass is 10.2. The van der Waals surface area contributed by atoms with Gasteiger partial charge < -0.3 is 15.3 Å². The molecule has 8 heteroatoms. The maximum atomic E-state index is 12.2. The Morgan fingerprint density at radius 2 is 1.83 bits per heavy atom. The first kappa shape index (κ1) is 16.2. The second-order valence-corrected chi connectivity index (χ2v) is 4.91. The SMILES string of the molecule is CC(=O)N(C)c1ccc(NC(=O)c2c(C(=O)O)cnn2C)cc1. The van der Waals surface area contributed by atoms with E-state index in [0.29, 0.717) is 11.4 Å². The quantitative estimate of drug-likeness (QED) is 0.886. The van der Waals surface area contributed by atoms with E-state index in [1.807, 2.05) is 0 Å². The molecule has 0 saturated heterocycles. The summed E-state index contributed by atoms with van der Waals surface area (Å²) in [5.74, 6) is -1.90. The standard InChI is InChI=1S/C15H16N4O4/c1-9(20)18(2)11-6-4-10(5-7-11)17-14(21)13-12(15(22)23)8-16-19(13)3/h4-8H,1-3H3,(H,17,21)(H,22,23). The molecule has 0 aliphatic heterocycles. The van der Waals surface area contributed by atoms with Crippen LogP contribution in [0, 0.1) is 0 Å². The highest BCUT2D eigenvalue weighted by molar-refractivity contribution is 6.09. The van der Waals surface area contributed by atoms with E-state index in [4.69, 9.17) is 5.11 Å². The topological polar surface area (TPSA) is 105 Å². The van der Waals surface area contributed by atoms with E-state index >= 15 is 0 Å². The van der Waals surface area contributed by atoms with Crippen LogP contribution in [-0.2, 0) is 11.8 Å². The molecule has 0 spiro atoms. The van der Waals surface area contributed by atoms with E-state index in [9.17, 15) is 14.4 Å². The van der Waals surface area contributed by atoms with Gasteiger partial charge >= 0.3 is 5.97 Å². The number of hydrogen-bond donors (Lipinski definition) is 2. The van der Waals surface area contributed by atoms with E-state index in [-0.39, 0.29) is 17.2 Å². The summed E-state index contributed by atoms with van der Waals surface area (Å²) >= 11 is 0. The number of carbonyl (C=O) groups excluding carboxylic acids is 2. The molecule has 0 aliphatic rings. The fourth-order valence-electron chi connectivity index (χ4n) is 2.00. The summed E-state index contributed by atoms with van der Waals surface area (Å²) < 4.78 is 1.21. The third-order valence-electron chi connectivity index (χ3n) is 3.37. The van der Waals surface area contributed by atoms with Crippen LogP contribution < -0.4 is 10.2 Å².